The van der Waals surface area contributed by atoms with Crippen molar-refractivity contribution in [3.63, 3.8) is 0 Å². The second-order valence-corrected chi connectivity index (χ2v) is 2.38. The van der Waals surface area contributed by atoms with Crippen LogP contribution in [0.1, 0.15) is 12.8 Å². The maximum absolute atomic E-state index is 8.25. The molecule has 0 unspecified atom stereocenters. The largest absolute Gasteiger partial charge is 1.00 e. The molecule has 0 aromatic rings. The van der Waals surface area contributed by atoms with Crippen molar-refractivity contribution in [1.29, 1.82) is 0 Å². The van der Waals surface area contributed by atoms with Crippen molar-refractivity contribution >= 4 is 12.9 Å². The number of rotatable bonds is 0. The van der Waals surface area contributed by atoms with Gasteiger partial charge in [0.1, 0.15) is 0 Å². The minimum atomic E-state index is -0.500. The molecule has 2 aliphatic carbocycles. The van der Waals surface area contributed by atoms with E-state index in [0.717, 1.165) is 12.8 Å². The Bertz CT molecular complexity index is 223. The number of hydrogen-bond acceptors (Lipinski definition) is 4. The first-order valence-corrected chi connectivity index (χ1v) is 4.58. The minimum absolute atomic E-state index is 0. The first-order valence-electron chi connectivity index (χ1n) is 4.58. The fourth-order valence-electron chi connectivity index (χ4n) is 0.786. The van der Waals surface area contributed by atoms with Gasteiger partial charge >= 0.3 is 103 Å². The van der Waals surface area contributed by atoms with Crippen LogP contribution in [-0.2, 0) is 9.59 Å². The van der Waals surface area contributed by atoms with Crippen LogP contribution in [0, 0.1) is 0 Å². The molecular weight excluding hydrogens is 286 g/mol. The third-order valence-electron chi connectivity index (χ3n) is 1.31. The van der Waals surface area contributed by atoms with E-state index in [4.69, 9.17) is 19.8 Å². The molecule has 0 radical (unpaired) electrons. The van der Waals surface area contributed by atoms with E-state index >= 15 is 0 Å². The molecule has 0 aromatic heterocycles. The van der Waals surface area contributed by atoms with Gasteiger partial charge < -0.3 is 19.8 Å². The topological polar surface area (TPSA) is 80.3 Å². The summed E-state index contributed by atoms with van der Waals surface area (Å²) in [5.41, 5.74) is 0. The average Bonchev–Trinajstić information content (AvgIpc) is 3.00. The summed E-state index contributed by atoms with van der Waals surface area (Å²) in [5, 5.41) is 16.5. The van der Waals surface area contributed by atoms with Crippen LogP contribution in [0.3, 0.4) is 0 Å². The zero-order chi connectivity index (χ0) is 12.5. The summed E-state index contributed by atoms with van der Waals surface area (Å²) in [6, 6.07) is 0. The van der Waals surface area contributed by atoms with Gasteiger partial charge in [0.2, 0.25) is 0 Å². The van der Waals surface area contributed by atoms with Gasteiger partial charge in [-0.2, -0.15) is 0 Å². The van der Waals surface area contributed by atoms with E-state index < -0.39 is 12.9 Å². The standard InChI is InChI=1S/2C5H6.2CH2O2.2K/c2*1-2-4-5-3-1;2*2-1-3;;/h2*1-4H,5H2;2*1H,(H,2,3);;/q;;;;2*+1/p-2. The van der Waals surface area contributed by atoms with Gasteiger partial charge in [-0.1, -0.05) is 48.6 Å². The molecule has 0 bridgehead atoms. The van der Waals surface area contributed by atoms with E-state index in [0.29, 0.717) is 0 Å². The van der Waals surface area contributed by atoms with Crippen LogP contribution in [-0.4, -0.2) is 12.9 Å². The summed E-state index contributed by atoms with van der Waals surface area (Å²) >= 11 is 0. The molecule has 4 nitrogen and oxygen atoms in total. The molecule has 88 valence electrons. The summed E-state index contributed by atoms with van der Waals surface area (Å²) in [6.45, 7) is -1.00. The van der Waals surface area contributed by atoms with Crippen molar-refractivity contribution < 1.29 is 123 Å². The number of carbonyl (C=O) groups is 2. The first-order chi connectivity index (χ1) is 7.83. The van der Waals surface area contributed by atoms with Crippen molar-refractivity contribution in [3.8, 4) is 0 Å². The Hall–Kier alpha value is 1.17. The van der Waals surface area contributed by atoms with Gasteiger partial charge in [0.25, 0.3) is 0 Å². The third kappa shape index (κ3) is 36.0. The van der Waals surface area contributed by atoms with Gasteiger partial charge in [0.05, 0.1) is 0 Å². The fourth-order valence-corrected chi connectivity index (χ4v) is 0.786. The molecular formula is C12H14K2O4. The van der Waals surface area contributed by atoms with Crippen molar-refractivity contribution in [2.75, 3.05) is 0 Å². The molecule has 0 aliphatic heterocycles. The number of allylic oxidation sites excluding steroid dienone is 8. The van der Waals surface area contributed by atoms with Gasteiger partial charge in [0, 0.05) is 12.9 Å². The van der Waals surface area contributed by atoms with Crippen molar-refractivity contribution in [3.05, 3.63) is 48.6 Å². The first kappa shape index (κ1) is 27.5. The van der Waals surface area contributed by atoms with Crippen LogP contribution in [0.2, 0.25) is 0 Å². The van der Waals surface area contributed by atoms with Crippen LogP contribution in [0.15, 0.2) is 48.6 Å². The van der Waals surface area contributed by atoms with Gasteiger partial charge in [0.15, 0.2) is 0 Å². The van der Waals surface area contributed by atoms with Crippen molar-refractivity contribution in [1.82, 2.24) is 0 Å². The van der Waals surface area contributed by atoms with Crippen molar-refractivity contribution in [2.24, 2.45) is 0 Å². The number of carboxylic acid groups (broad SMARTS) is 2. The molecule has 0 saturated heterocycles. The summed E-state index contributed by atoms with van der Waals surface area (Å²) in [5.74, 6) is 0. The normalized spacial score (nSPS) is 11.1. The number of hydrogen-bond donors (Lipinski definition) is 0. The second kappa shape index (κ2) is 30.9. The zero-order valence-electron chi connectivity index (χ0n) is 10.8. The maximum atomic E-state index is 8.25. The molecule has 0 fully saturated rings. The molecule has 2 rings (SSSR count). The Morgan fingerprint density at radius 3 is 0.889 bits per heavy atom. The predicted molar refractivity (Wildman–Crippen MR) is 57.9 cm³/mol. The Morgan fingerprint density at radius 1 is 0.667 bits per heavy atom. The molecule has 2 aliphatic rings. The van der Waals surface area contributed by atoms with E-state index in [1.165, 1.54) is 0 Å². The van der Waals surface area contributed by atoms with E-state index in [1.807, 2.05) is 0 Å². The van der Waals surface area contributed by atoms with Crippen molar-refractivity contribution in [2.45, 2.75) is 12.8 Å². The molecule has 6 heteroatoms. The molecule has 18 heavy (non-hydrogen) atoms. The summed E-state index contributed by atoms with van der Waals surface area (Å²) in [6.07, 6.45) is 19.0. The molecule has 0 aromatic carbocycles. The van der Waals surface area contributed by atoms with Crippen LogP contribution >= 0.6 is 0 Å². The Morgan fingerprint density at radius 2 is 0.833 bits per heavy atom. The predicted octanol–water partition coefficient (Wildman–Crippen LogP) is -6.25. The quantitative estimate of drug-likeness (QED) is 0.329. The van der Waals surface area contributed by atoms with Crippen LogP contribution < -0.4 is 113 Å². The van der Waals surface area contributed by atoms with Gasteiger partial charge in [-0.15, -0.1) is 0 Å². The van der Waals surface area contributed by atoms with Crippen LogP contribution in [0.4, 0.5) is 0 Å². The third-order valence-corrected chi connectivity index (χ3v) is 1.31. The smallest absolute Gasteiger partial charge is 0.554 e. The molecule has 0 N–H and O–H groups in total. The fraction of sp³-hybridized carbons (Fsp3) is 0.167. The van der Waals surface area contributed by atoms with E-state index in [2.05, 4.69) is 48.6 Å². The minimum Gasteiger partial charge on any atom is -0.554 e. The molecule has 0 amide bonds. The SMILES string of the molecule is C1=CCC=C1.C1=CCC=C1.O=C[O-].O=C[O-].[K+].[K+]. The molecule has 0 spiro atoms. The van der Waals surface area contributed by atoms with Gasteiger partial charge in [-0.3, -0.25) is 0 Å². The average molecular weight is 300 g/mol. The second-order valence-electron chi connectivity index (χ2n) is 2.38. The monoisotopic (exact) mass is 300 g/mol. The van der Waals surface area contributed by atoms with Gasteiger partial charge in [-0.25, -0.2) is 0 Å². The van der Waals surface area contributed by atoms with Crippen LogP contribution in [0.5, 0.6) is 0 Å². The number of carbonyl (C=O) groups excluding carboxylic acids is 2. The maximum Gasteiger partial charge on any atom is 1.00 e. The summed E-state index contributed by atoms with van der Waals surface area (Å²) in [7, 11) is 0. The van der Waals surface area contributed by atoms with E-state index in [1.54, 1.807) is 0 Å². The van der Waals surface area contributed by atoms with Crippen LogP contribution in [0.25, 0.3) is 0 Å². The summed E-state index contributed by atoms with van der Waals surface area (Å²) < 4.78 is 0. The molecule has 0 saturated carbocycles. The summed E-state index contributed by atoms with van der Waals surface area (Å²) in [4.78, 5) is 16.5. The Balaban J connectivity index is -0.0000000725. The Labute approximate surface area is 193 Å². The Kier molecular flexibility index (Phi) is 47.2. The van der Waals surface area contributed by atoms with Gasteiger partial charge in [-0.05, 0) is 12.8 Å². The van der Waals surface area contributed by atoms with E-state index in [9.17, 15) is 0 Å². The molecule has 0 atom stereocenters. The molecule has 0 heterocycles. The van der Waals surface area contributed by atoms with E-state index in [-0.39, 0.29) is 103 Å². The zero-order valence-corrected chi connectivity index (χ0v) is 17.1.